The lowest BCUT2D eigenvalue weighted by atomic mass is 9.90. The number of hydrogen-bond donors (Lipinski definition) is 1. The predicted molar refractivity (Wildman–Crippen MR) is 115 cm³/mol. The monoisotopic (exact) mass is 404 g/mol. The van der Waals surface area contributed by atoms with E-state index in [0.717, 1.165) is 11.3 Å². The molecule has 0 saturated carbocycles. The first-order valence-corrected chi connectivity index (χ1v) is 10.3. The van der Waals surface area contributed by atoms with Crippen LogP contribution in [0, 0.1) is 5.41 Å². The standard InChI is InChI=1S/C23H36N2O4/c1-22(2,3)20(27)15-25-13-17-9-7-8-10-19(17)24(12-11-21(25)28)14-18(26)16-29-23(4,5)6/h7-10,18,26H,11-16H2,1-6H3. The van der Waals surface area contributed by atoms with Crippen LogP contribution in [0.4, 0.5) is 5.69 Å². The number of β-amino-alcohol motifs (C(OH)–C–C–N with tert-alkyl or cyclic N) is 1. The number of ketones is 1. The molecule has 1 unspecified atom stereocenters. The Bertz CT molecular complexity index is 718. The SMILES string of the molecule is CC(C)(C)OCC(O)CN1CCC(=O)N(CC(=O)C(C)(C)C)Cc2ccccc21. The van der Waals surface area contributed by atoms with E-state index >= 15 is 0 Å². The predicted octanol–water partition coefficient (Wildman–Crippen LogP) is 3.02. The van der Waals surface area contributed by atoms with Gasteiger partial charge < -0.3 is 19.6 Å². The van der Waals surface area contributed by atoms with Gasteiger partial charge in [-0.2, -0.15) is 0 Å². The smallest absolute Gasteiger partial charge is 0.225 e. The summed E-state index contributed by atoms with van der Waals surface area (Å²) in [6, 6.07) is 7.88. The zero-order valence-electron chi connectivity index (χ0n) is 18.7. The number of anilines is 1. The van der Waals surface area contributed by atoms with Gasteiger partial charge in [-0.25, -0.2) is 0 Å². The largest absolute Gasteiger partial charge is 0.389 e. The molecule has 0 fully saturated rings. The van der Waals surface area contributed by atoms with Crippen molar-refractivity contribution in [2.24, 2.45) is 5.41 Å². The molecule has 1 aromatic carbocycles. The van der Waals surface area contributed by atoms with Gasteiger partial charge in [-0.15, -0.1) is 0 Å². The first kappa shape index (κ1) is 23.4. The zero-order valence-corrected chi connectivity index (χ0v) is 18.7. The molecule has 162 valence electrons. The number of aliphatic hydroxyl groups excluding tert-OH is 1. The number of ether oxygens (including phenoxy) is 1. The molecule has 1 amide bonds. The normalized spacial score (nSPS) is 16.9. The van der Waals surface area contributed by atoms with Crippen LogP contribution in [0.1, 0.15) is 53.5 Å². The lowest BCUT2D eigenvalue weighted by Crippen LogP contribution is -2.44. The third-order valence-electron chi connectivity index (χ3n) is 4.95. The van der Waals surface area contributed by atoms with Crippen molar-refractivity contribution < 1.29 is 19.4 Å². The van der Waals surface area contributed by atoms with Crippen LogP contribution in [0.2, 0.25) is 0 Å². The van der Waals surface area contributed by atoms with Crippen LogP contribution in [0.3, 0.4) is 0 Å². The number of carbonyl (C=O) groups excluding carboxylic acids is 2. The number of carbonyl (C=O) groups is 2. The van der Waals surface area contributed by atoms with Gasteiger partial charge in [-0.3, -0.25) is 9.59 Å². The van der Waals surface area contributed by atoms with E-state index in [9.17, 15) is 14.7 Å². The van der Waals surface area contributed by atoms with Crippen molar-refractivity contribution in [1.29, 1.82) is 0 Å². The molecule has 1 N–H and O–H groups in total. The second-order valence-corrected chi connectivity index (χ2v) is 9.82. The van der Waals surface area contributed by atoms with Gasteiger partial charge in [-0.1, -0.05) is 39.0 Å². The fraction of sp³-hybridized carbons (Fsp3) is 0.652. The van der Waals surface area contributed by atoms with Gasteiger partial charge in [0.15, 0.2) is 5.78 Å². The first-order valence-electron chi connectivity index (χ1n) is 10.3. The maximum Gasteiger partial charge on any atom is 0.225 e. The van der Waals surface area contributed by atoms with E-state index in [-0.39, 0.29) is 30.4 Å². The van der Waals surface area contributed by atoms with Gasteiger partial charge in [0.05, 0.1) is 24.9 Å². The fourth-order valence-electron chi connectivity index (χ4n) is 3.15. The summed E-state index contributed by atoms with van der Waals surface area (Å²) in [6.07, 6.45) is -0.353. The number of nitrogens with zero attached hydrogens (tertiary/aromatic N) is 2. The Labute approximate surface area is 174 Å². The van der Waals surface area contributed by atoms with Crippen LogP contribution in [0.25, 0.3) is 0 Å². The average molecular weight is 405 g/mol. The number of aliphatic hydroxyl groups is 1. The molecule has 0 spiro atoms. The third kappa shape index (κ3) is 7.12. The molecule has 1 aromatic rings. The number of rotatable bonds is 6. The minimum absolute atomic E-state index is 0.0393. The molecule has 29 heavy (non-hydrogen) atoms. The molecule has 0 aliphatic carbocycles. The topological polar surface area (TPSA) is 70.1 Å². The van der Waals surface area contributed by atoms with Crippen LogP contribution in [-0.4, -0.2) is 59.6 Å². The van der Waals surface area contributed by atoms with Gasteiger partial charge >= 0.3 is 0 Å². The van der Waals surface area contributed by atoms with E-state index in [0.29, 0.717) is 26.1 Å². The summed E-state index contributed by atoms with van der Waals surface area (Å²) in [5, 5.41) is 10.5. The van der Waals surface area contributed by atoms with Gasteiger partial charge in [0.1, 0.15) is 0 Å². The molecule has 0 radical (unpaired) electrons. The molecule has 1 heterocycles. The van der Waals surface area contributed by atoms with Crippen molar-refractivity contribution in [1.82, 2.24) is 4.90 Å². The second kappa shape index (κ2) is 9.26. The summed E-state index contributed by atoms with van der Waals surface area (Å²) in [4.78, 5) is 29.0. The minimum atomic E-state index is -0.657. The van der Waals surface area contributed by atoms with E-state index < -0.39 is 11.5 Å². The molecule has 0 saturated heterocycles. The molecule has 6 heteroatoms. The highest BCUT2D eigenvalue weighted by atomic mass is 16.5. The summed E-state index contributed by atoms with van der Waals surface area (Å²) < 4.78 is 5.70. The quantitative estimate of drug-likeness (QED) is 0.789. The summed E-state index contributed by atoms with van der Waals surface area (Å²) in [7, 11) is 0. The van der Waals surface area contributed by atoms with Gasteiger partial charge in [0.25, 0.3) is 0 Å². The average Bonchev–Trinajstić information content (AvgIpc) is 2.60. The van der Waals surface area contributed by atoms with E-state index in [1.165, 1.54) is 0 Å². The summed E-state index contributed by atoms with van der Waals surface area (Å²) in [6.45, 7) is 13.1. The molecule has 1 aliphatic rings. The van der Waals surface area contributed by atoms with Crippen LogP contribution in [-0.2, 0) is 20.9 Å². The zero-order chi connectivity index (χ0) is 21.8. The molecule has 6 nitrogen and oxygen atoms in total. The van der Waals surface area contributed by atoms with Crippen molar-refractivity contribution in [3.63, 3.8) is 0 Å². The summed E-state index contributed by atoms with van der Waals surface area (Å²) in [5.74, 6) is 0.0121. The Hall–Kier alpha value is -1.92. The Morgan fingerprint density at radius 2 is 1.79 bits per heavy atom. The number of amides is 1. The molecular formula is C23H36N2O4. The lowest BCUT2D eigenvalue weighted by Gasteiger charge is -2.35. The Balaban J connectivity index is 2.17. The molecular weight excluding hydrogens is 368 g/mol. The minimum Gasteiger partial charge on any atom is -0.389 e. The summed E-state index contributed by atoms with van der Waals surface area (Å²) in [5.41, 5.74) is 1.17. The maximum atomic E-state index is 12.8. The number of hydrogen-bond acceptors (Lipinski definition) is 5. The maximum absolute atomic E-state index is 12.8. The molecule has 0 aromatic heterocycles. The first-order chi connectivity index (χ1) is 13.4. The Morgan fingerprint density at radius 3 is 2.41 bits per heavy atom. The highest BCUT2D eigenvalue weighted by Crippen LogP contribution is 2.26. The van der Waals surface area contributed by atoms with Crippen molar-refractivity contribution in [2.45, 2.75) is 66.2 Å². The number of para-hydroxylation sites is 1. The number of Topliss-reactive ketones (excluding diaryl/α,β-unsaturated/α-hetero) is 1. The Morgan fingerprint density at radius 1 is 1.14 bits per heavy atom. The van der Waals surface area contributed by atoms with Crippen LogP contribution in [0.15, 0.2) is 24.3 Å². The van der Waals surface area contributed by atoms with Crippen LogP contribution >= 0.6 is 0 Å². The molecule has 1 atom stereocenters. The third-order valence-corrected chi connectivity index (χ3v) is 4.95. The Kier molecular flexibility index (Phi) is 7.46. The van der Waals surface area contributed by atoms with E-state index in [1.807, 2.05) is 70.7 Å². The highest BCUT2D eigenvalue weighted by Gasteiger charge is 2.29. The molecule has 2 rings (SSSR count). The van der Waals surface area contributed by atoms with Crippen molar-refractivity contribution >= 4 is 17.4 Å². The van der Waals surface area contributed by atoms with Crippen LogP contribution in [0.5, 0.6) is 0 Å². The fourth-order valence-corrected chi connectivity index (χ4v) is 3.15. The van der Waals surface area contributed by atoms with Crippen molar-refractivity contribution in [3.8, 4) is 0 Å². The van der Waals surface area contributed by atoms with Crippen molar-refractivity contribution in [3.05, 3.63) is 29.8 Å². The van der Waals surface area contributed by atoms with E-state index in [2.05, 4.69) is 0 Å². The number of fused-ring (bicyclic) bond motifs is 1. The van der Waals surface area contributed by atoms with Crippen LogP contribution < -0.4 is 4.90 Å². The van der Waals surface area contributed by atoms with Gasteiger partial charge in [0.2, 0.25) is 5.91 Å². The second-order valence-electron chi connectivity index (χ2n) is 9.82. The lowest BCUT2D eigenvalue weighted by molar-refractivity contribution is -0.138. The number of benzene rings is 1. The van der Waals surface area contributed by atoms with Gasteiger partial charge in [-0.05, 0) is 32.4 Å². The molecule has 0 bridgehead atoms. The van der Waals surface area contributed by atoms with E-state index in [1.54, 1.807) is 4.90 Å². The van der Waals surface area contributed by atoms with E-state index in [4.69, 9.17) is 4.74 Å². The molecule has 1 aliphatic heterocycles. The van der Waals surface area contributed by atoms with Crippen molar-refractivity contribution in [2.75, 3.05) is 31.1 Å². The van der Waals surface area contributed by atoms with Gasteiger partial charge in [0, 0.05) is 37.2 Å². The highest BCUT2D eigenvalue weighted by molar-refractivity contribution is 5.89. The summed E-state index contributed by atoms with van der Waals surface area (Å²) >= 11 is 0.